The lowest BCUT2D eigenvalue weighted by molar-refractivity contribution is 0.0279. The summed E-state index contributed by atoms with van der Waals surface area (Å²) in [6, 6.07) is 10.9. The Morgan fingerprint density at radius 1 is 1.18 bits per heavy atom. The minimum atomic E-state index is -3.69. The molecule has 0 aliphatic heterocycles. The minimum absolute atomic E-state index is 0.0478. The fourth-order valence-electron chi connectivity index (χ4n) is 2.30. The third-order valence-electron chi connectivity index (χ3n) is 3.81. The zero-order valence-corrected chi connectivity index (χ0v) is 15.7. The van der Waals surface area contributed by atoms with Crippen molar-refractivity contribution in [2.75, 3.05) is 7.05 Å². The van der Waals surface area contributed by atoms with Gasteiger partial charge in [0.1, 0.15) is 5.82 Å². The number of nitrogens with zero attached hydrogens (tertiary/aromatic N) is 2. The highest BCUT2D eigenvalue weighted by Crippen LogP contribution is 2.23. The number of benzene rings is 2. The summed E-state index contributed by atoms with van der Waals surface area (Å²) in [5.41, 5.74) is 0.574. The Hall–Kier alpha value is -3.11. The molecule has 0 bridgehead atoms. The van der Waals surface area contributed by atoms with E-state index in [2.05, 4.69) is 14.9 Å². The van der Waals surface area contributed by atoms with Crippen molar-refractivity contribution < 1.29 is 26.8 Å². The predicted octanol–water partition coefficient (Wildman–Crippen LogP) is 2.70. The van der Waals surface area contributed by atoms with Crippen LogP contribution in [0.2, 0.25) is 0 Å². The van der Waals surface area contributed by atoms with Crippen molar-refractivity contribution in [1.82, 2.24) is 14.9 Å². The molecule has 2 aromatic carbocycles. The van der Waals surface area contributed by atoms with E-state index in [0.717, 1.165) is 0 Å². The highest BCUT2D eigenvalue weighted by molar-refractivity contribution is 7.89. The number of hydrogen-bond acceptors (Lipinski definition) is 7. The average Bonchev–Trinajstić information content (AvgIpc) is 3.19. The molecule has 0 unspecified atom stereocenters. The summed E-state index contributed by atoms with van der Waals surface area (Å²) in [6.07, 6.45) is -0.876. The van der Waals surface area contributed by atoms with Gasteiger partial charge in [-0.3, -0.25) is 0 Å². The topological polar surface area (TPSA) is 111 Å². The number of hydrogen-bond donors (Lipinski definition) is 1. The van der Waals surface area contributed by atoms with Gasteiger partial charge in [0.25, 0.3) is 5.89 Å². The highest BCUT2D eigenvalue weighted by Gasteiger charge is 2.21. The van der Waals surface area contributed by atoms with Crippen LogP contribution in [-0.4, -0.2) is 31.6 Å². The van der Waals surface area contributed by atoms with Gasteiger partial charge in [-0.1, -0.05) is 6.07 Å². The Bertz CT molecular complexity index is 1100. The second-order valence-corrected chi connectivity index (χ2v) is 7.62. The molecular weight excluding hydrogens is 389 g/mol. The van der Waals surface area contributed by atoms with Crippen LogP contribution in [0.4, 0.5) is 4.39 Å². The average molecular weight is 405 g/mol. The number of halogens is 1. The normalized spacial score (nSPS) is 12.5. The van der Waals surface area contributed by atoms with Crippen LogP contribution in [-0.2, 0) is 14.8 Å². The largest absolute Gasteiger partial charge is 0.449 e. The van der Waals surface area contributed by atoms with E-state index in [1.54, 1.807) is 0 Å². The maximum atomic E-state index is 13.0. The summed E-state index contributed by atoms with van der Waals surface area (Å²) in [4.78, 5) is 12.3. The maximum absolute atomic E-state index is 13.0. The summed E-state index contributed by atoms with van der Waals surface area (Å²) in [7, 11) is -2.42. The molecule has 0 fully saturated rings. The number of esters is 1. The van der Waals surface area contributed by atoms with E-state index in [0.29, 0.717) is 5.56 Å². The molecule has 0 aliphatic rings. The van der Waals surface area contributed by atoms with Crippen LogP contribution in [0.25, 0.3) is 11.5 Å². The van der Waals surface area contributed by atoms with Gasteiger partial charge in [-0.05, 0) is 56.4 Å². The lowest BCUT2D eigenvalue weighted by Crippen LogP contribution is -2.19. The molecule has 146 valence electrons. The van der Waals surface area contributed by atoms with Gasteiger partial charge in [0.15, 0.2) is 6.10 Å². The smallest absolute Gasteiger partial charge is 0.338 e. The van der Waals surface area contributed by atoms with E-state index in [-0.39, 0.29) is 22.2 Å². The monoisotopic (exact) mass is 405 g/mol. The molecule has 1 atom stereocenters. The fourth-order valence-corrected chi connectivity index (χ4v) is 3.07. The first kappa shape index (κ1) is 19.6. The van der Waals surface area contributed by atoms with Gasteiger partial charge in [0.2, 0.25) is 15.9 Å². The molecule has 0 saturated carbocycles. The van der Waals surface area contributed by atoms with Crippen molar-refractivity contribution in [2.45, 2.75) is 17.9 Å². The van der Waals surface area contributed by atoms with E-state index in [9.17, 15) is 17.6 Å². The number of aromatic nitrogens is 2. The van der Waals surface area contributed by atoms with Crippen LogP contribution in [0.1, 0.15) is 29.3 Å². The maximum Gasteiger partial charge on any atom is 0.338 e. The Labute approximate surface area is 160 Å². The summed E-state index contributed by atoms with van der Waals surface area (Å²) in [5, 5.41) is 7.69. The third-order valence-corrected chi connectivity index (χ3v) is 5.22. The van der Waals surface area contributed by atoms with Crippen molar-refractivity contribution in [2.24, 2.45) is 0 Å². The van der Waals surface area contributed by atoms with E-state index >= 15 is 0 Å². The Morgan fingerprint density at radius 3 is 2.57 bits per heavy atom. The number of rotatable bonds is 6. The van der Waals surface area contributed by atoms with Crippen LogP contribution in [0, 0.1) is 5.82 Å². The van der Waals surface area contributed by atoms with E-state index in [4.69, 9.17) is 9.15 Å². The van der Waals surface area contributed by atoms with Crippen LogP contribution < -0.4 is 4.72 Å². The Morgan fingerprint density at radius 2 is 1.89 bits per heavy atom. The zero-order valence-electron chi connectivity index (χ0n) is 14.9. The molecule has 1 heterocycles. The standard InChI is InChI=1S/C18H16FN3O5S/c1-11(16-21-22-17(27-16)12-6-8-14(19)9-7-12)26-18(23)13-4-3-5-15(10-13)28(24,25)20-2/h3-11,20H,1-2H3/t11-/m1/s1. The van der Waals surface area contributed by atoms with Gasteiger partial charge < -0.3 is 9.15 Å². The number of sulfonamides is 1. The van der Waals surface area contributed by atoms with Gasteiger partial charge in [-0.15, -0.1) is 10.2 Å². The quantitative estimate of drug-likeness (QED) is 0.628. The summed E-state index contributed by atoms with van der Waals surface area (Å²) >= 11 is 0. The Kier molecular flexibility index (Phi) is 5.52. The van der Waals surface area contributed by atoms with Gasteiger partial charge in [-0.2, -0.15) is 0 Å². The summed E-state index contributed by atoms with van der Waals surface area (Å²) in [6.45, 7) is 1.54. The van der Waals surface area contributed by atoms with Crippen LogP contribution in [0.5, 0.6) is 0 Å². The zero-order chi connectivity index (χ0) is 20.3. The van der Waals surface area contributed by atoms with E-state index in [1.165, 1.54) is 62.5 Å². The highest BCUT2D eigenvalue weighted by atomic mass is 32.2. The number of carbonyl (C=O) groups excluding carboxylic acids is 1. The second kappa shape index (κ2) is 7.87. The van der Waals surface area contributed by atoms with Crippen molar-refractivity contribution in [3.63, 3.8) is 0 Å². The number of nitrogens with one attached hydrogen (secondary N) is 1. The molecule has 0 spiro atoms. The first-order chi connectivity index (χ1) is 13.3. The van der Waals surface area contributed by atoms with Crippen molar-refractivity contribution in [3.8, 4) is 11.5 Å². The number of ether oxygens (including phenoxy) is 1. The molecule has 8 nitrogen and oxygen atoms in total. The first-order valence-corrected chi connectivity index (χ1v) is 9.62. The van der Waals surface area contributed by atoms with Gasteiger partial charge >= 0.3 is 5.97 Å². The van der Waals surface area contributed by atoms with Crippen LogP contribution in [0.3, 0.4) is 0 Å². The molecule has 3 aromatic rings. The second-order valence-electron chi connectivity index (χ2n) is 5.74. The van der Waals surface area contributed by atoms with Gasteiger partial charge in [0.05, 0.1) is 10.5 Å². The molecule has 0 amide bonds. The van der Waals surface area contributed by atoms with Crippen molar-refractivity contribution in [3.05, 3.63) is 65.8 Å². The van der Waals surface area contributed by atoms with Crippen molar-refractivity contribution >= 4 is 16.0 Å². The van der Waals surface area contributed by atoms with Crippen molar-refractivity contribution in [1.29, 1.82) is 0 Å². The molecule has 0 aliphatic carbocycles. The molecule has 0 saturated heterocycles. The summed E-state index contributed by atoms with van der Waals surface area (Å²) in [5.74, 6) is -0.942. The predicted molar refractivity (Wildman–Crippen MR) is 96.2 cm³/mol. The molecule has 10 heteroatoms. The molecular formula is C18H16FN3O5S. The number of carbonyl (C=O) groups is 1. The van der Waals surface area contributed by atoms with E-state index in [1.807, 2.05) is 0 Å². The molecule has 3 rings (SSSR count). The van der Waals surface area contributed by atoms with Gasteiger partial charge in [-0.25, -0.2) is 22.3 Å². The third kappa shape index (κ3) is 4.24. The Balaban J connectivity index is 1.75. The minimum Gasteiger partial charge on any atom is -0.449 e. The fraction of sp³-hybridized carbons (Fsp3) is 0.167. The lowest BCUT2D eigenvalue weighted by Gasteiger charge is -2.10. The molecule has 0 radical (unpaired) electrons. The SMILES string of the molecule is CNS(=O)(=O)c1cccc(C(=O)O[C@H](C)c2nnc(-c3ccc(F)cc3)o2)c1. The van der Waals surface area contributed by atoms with Crippen LogP contribution in [0.15, 0.2) is 57.8 Å². The van der Waals surface area contributed by atoms with E-state index < -0.39 is 27.9 Å². The summed E-state index contributed by atoms with van der Waals surface area (Å²) < 4.78 is 49.6. The van der Waals surface area contributed by atoms with Gasteiger partial charge in [0, 0.05) is 5.56 Å². The molecule has 28 heavy (non-hydrogen) atoms. The molecule has 1 aromatic heterocycles. The van der Waals surface area contributed by atoms with Crippen LogP contribution >= 0.6 is 0 Å². The lowest BCUT2D eigenvalue weighted by atomic mass is 10.2. The molecule has 1 N–H and O–H groups in total. The first-order valence-electron chi connectivity index (χ1n) is 8.14.